The first-order valence-corrected chi connectivity index (χ1v) is 10.4. The number of carbonyl (C=O) groups is 1. The Labute approximate surface area is 174 Å². The Morgan fingerprint density at radius 3 is 2.48 bits per heavy atom. The molecule has 1 aromatic heterocycles. The van der Waals surface area contributed by atoms with Gasteiger partial charge in [0.2, 0.25) is 0 Å². The summed E-state index contributed by atoms with van der Waals surface area (Å²) in [4.78, 5) is 19.8. The lowest BCUT2D eigenvalue weighted by molar-refractivity contribution is 0.102. The van der Waals surface area contributed by atoms with E-state index < -0.39 is 0 Å². The van der Waals surface area contributed by atoms with Gasteiger partial charge in [0, 0.05) is 41.4 Å². The molecule has 3 aromatic rings. The van der Waals surface area contributed by atoms with Crippen LogP contribution in [0.15, 0.2) is 47.8 Å². The highest BCUT2D eigenvalue weighted by Crippen LogP contribution is 2.31. The first-order valence-electron chi connectivity index (χ1n) is 9.51. The second-order valence-electron chi connectivity index (χ2n) is 6.85. The number of rotatable bonds is 6. The van der Waals surface area contributed by atoms with Crippen LogP contribution in [-0.4, -0.2) is 38.2 Å². The van der Waals surface area contributed by atoms with Crippen LogP contribution in [0.5, 0.6) is 11.5 Å². The predicted molar refractivity (Wildman–Crippen MR) is 116 cm³/mol. The van der Waals surface area contributed by atoms with E-state index in [1.807, 2.05) is 24.3 Å². The van der Waals surface area contributed by atoms with Crippen molar-refractivity contribution in [2.75, 3.05) is 37.5 Å². The molecule has 1 aliphatic heterocycles. The molecule has 0 unspecified atom stereocenters. The maximum Gasteiger partial charge on any atom is 0.255 e. The van der Waals surface area contributed by atoms with Gasteiger partial charge < -0.3 is 19.7 Å². The van der Waals surface area contributed by atoms with Crippen molar-refractivity contribution in [3.63, 3.8) is 0 Å². The standard InChI is InChI=1S/C22H23N3O3S/c1-27-18-11-16(12-19(13-18)28-2)21(26)23-17-7-5-6-15(10-17)20-14-29-22(24-20)25-8-3-4-9-25/h5-7,10-14H,3-4,8-9H2,1-2H3,(H,23,26). The van der Waals surface area contributed by atoms with Crippen molar-refractivity contribution < 1.29 is 14.3 Å². The first kappa shape index (κ1) is 19.3. The lowest BCUT2D eigenvalue weighted by Crippen LogP contribution is -2.17. The molecule has 2 aromatic carbocycles. The fourth-order valence-electron chi connectivity index (χ4n) is 3.35. The van der Waals surface area contributed by atoms with Gasteiger partial charge in [-0.3, -0.25) is 4.79 Å². The normalized spacial score (nSPS) is 13.4. The average molecular weight is 410 g/mol. The van der Waals surface area contributed by atoms with Crippen molar-refractivity contribution >= 4 is 28.1 Å². The SMILES string of the molecule is COc1cc(OC)cc(C(=O)Nc2cccc(-c3csc(N4CCCC4)n3)c2)c1. The summed E-state index contributed by atoms with van der Waals surface area (Å²) < 4.78 is 10.5. The lowest BCUT2D eigenvalue weighted by Gasteiger charge is -2.12. The summed E-state index contributed by atoms with van der Waals surface area (Å²) in [5.74, 6) is 0.913. The number of amides is 1. The van der Waals surface area contributed by atoms with Crippen LogP contribution in [0.3, 0.4) is 0 Å². The predicted octanol–water partition coefficient (Wildman–Crippen LogP) is 4.68. The Kier molecular flexibility index (Phi) is 5.67. The molecule has 4 rings (SSSR count). The van der Waals surface area contributed by atoms with Crippen molar-refractivity contribution in [3.8, 4) is 22.8 Å². The monoisotopic (exact) mass is 409 g/mol. The van der Waals surface area contributed by atoms with Crippen molar-refractivity contribution in [1.29, 1.82) is 0 Å². The van der Waals surface area contributed by atoms with E-state index in [9.17, 15) is 4.79 Å². The number of nitrogens with zero attached hydrogens (tertiary/aromatic N) is 2. The molecule has 0 aliphatic carbocycles. The number of aromatic nitrogens is 1. The minimum atomic E-state index is -0.226. The smallest absolute Gasteiger partial charge is 0.255 e. The summed E-state index contributed by atoms with van der Waals surface area (Å²) in [6.07, 6.45) is 2.46. The van der Waals surface area contributed by atoms with E-state index in [0.717, 1.165) is 29.5 Å². The van der Waals surface area contributed by atoms with E-state index in [2.05, 4.69) is 15.6 Å². The van der Waals surface area contributed by atoms with Gasteiger partial charge in [-0.05, 0) is 37.1 Å². The van der Waals surface area contributed by atoms with Crippen LogP contribution < -0.4 is 19.7 Å². The number of benzene rings is 2. The Balaban J connectivity index is 1.53. The number of anilines is 2. The summed E-state index contributed by atoms with van der Waals surface area (Å²) in [6, 6.07) is 12.8. The van der Waals surface area contributed by atoms with Crippen LogP contribution in [0.2, 0.25) is 0 Å². The van der Waals surface area contributed by atoms with Crippen LogP contribution >= 0.6 is 11.3 Å². The molecule has 150 valence electrons. The van der Waals surface area contributed by atoms with Crippen molar-refractivity contribution in [2.24, 2.45) is 0 Å². The highest BCUT2D eigenvalue weighted by molar-refractivity contribution is 7.14. The van der Waals surface area contributed by atoms with Gasteiger partial charge in [-0.1, -0.05) is 12.1 Å². The third-order valence-electron chi connectivity index (χ3n) is 4.90. The quantitative estimate of drug-likeness (QED) is 0.640. The van der Waals surface area contributed by atoms with Crippen molar-refractivity contribution in [1.82, 2.24) is 4.98 Å². The zero-order valence-corrected chi connectivity index (χ0v) is 17.3. The Morgan fingerprint density at radius 1 is 1.07 bits per heavy atom. The van der Waals surface area contributed by atoms with Crippen LogP contribution in [0.25, 0.3) is 11.3 Å². The number of methoxy groups -OCH3 is 2. The van der Waals surface area contributed by atoms with E-state index in [1.54, 1.807) is 43.8 Å². The second kappa shape index (κ2) is 8.53. The summed E-state index contributed by atoms with van der Waals surface area (Å²) in [5, 5.41) is 6.08. The molecule has 1 aliphatic rings. The summed E-state index contributed by atoms with van der Waals surface area (Å²) >= 11 is 1.67. The zero-order valence-electron chi connectivity index (χ0n) is 16.5. The van der Waals surface area contributed by atoms with Gasteiger partial charge in [0.05, 0.1) is 19.9 Å². The Bertz CT molecular complexity index is 990. The van der Waals surface area contributed by atoms with Crippen molar-refractivity contribution in [2.45, 2.75) is 12.8 Å². The molecular formula is C22H23N3O3S. The molecule has 7 heteroatoms. The molecule has 1 fully saturated rings. The third kappa shape index (κ3) is 4.35. The second-order valence-corrected chi connectivity index (χ2v) is 7.68. The Hall–Kier alpha value is -3.06. The molecule has 1 amide bonds. The van der Waals surface area contributed by atoms with E-state index >= 15 is 0 Å². The summed E-state index contributed by atoms with van der Waals surface area (Å²) in [7, 11) is 3.12. The molecule has 1 N–H and O–H groups in total. The first-order chi connectivity index (χ1) is 14.2. The fourth-order valence-corrected chi connectivity index (χ4v) is 4.24. The number of nitrogens with one attached hydrogen (secondary N) is 1. The average Bonchev–Trinajstić information content (AvgIpc) is 3.45. The minimum absolute atomic E-state index is 0.226. The molecular weight excluding hydrogens is 386 g/mol. The molecule has 29 heavy (non-hydrogen) atoms. The van der Waals surface area contributed by atoms with Crippen LogP contribution in [0.4, 0.5) is 10.8 Å². The van der Waals surface area contributed by atoms with E-state index in [0.29, 0.717) is 22.7 Å². The highest BCUT2D eigenvalue weighted by Gasteiger charge is 2.16. The van der Waals surface area contributed by atoms with Gasteiger partial charge in [-0.2, -0.15) is 0 Å². The zero-order chi connectivity index (χ0) is 20.2. The maximum atomic E-state index is 12.7. The van der Waals surface area contributed by atoms with Gasteiger partial charge in [-0.25, -0.2) is 4.98 Å². The Morgan fingerprint density at radius 2 is 1.79 bits per heavy atom. The van der Waals surface area contributed by atoms with E-state index in [1.165, 1.54) is 12.8 Å². The molecule has 0 spiro atoms. The van der Waals surface area contributed by atoms with Gasteiger partial charge >= 0.3 is 0 Å². The molecule has 0 saturated carbocycles. The van der Waals surface area contributed by atoms with Crippen LogP contribution in [0, 0.1) is 0 Å². The topological polar surface area (TPSA) is 63.7 Å². The van der Waals surface area contributed by atoms with Gasteiger partial charge in [-0.15, -0.1) is 11.3 Å². The molecule has 0 atom stereocenters. The lowest BCUT2D eigenvalue weighted by atomic mass is 10.1. The third-order valence-corrected chi connectivity index (χ3v) is 5.80. The molecule has 2 heterocycles. The molecule has 1 saturated heterocycles. The summed E-state index contributed by atoms with van der Waals surface area (Å²) in [6.45, 7) is 2.15. The molecule has 0 bridgehead atoms. The number of hydrogen-bond acceptors (Lipinski definition) is 6. The van der Waals surface area contributed by atoms with Gasteiger partial charge in [0.1, 0.15) is 11.5 Å². The minimum Gasteiger partial charge on any atom is -0.497 e. The number of carbonyl (C=O) groups excluding carboxylic acids is 1. The fraction of sp³-hybridized carbons (Fsp3) is 0.273. The van der Waals surface area contributed by atoms with Crippen LogP contribution in [0.1, 0.15) is 23.2 Å². The summed E-state index contributed by atoms with van der Waals surface area (Å²) in [5.41, 5.74) is 3.09. The number of thiazole rings is 1. The number of ether oxygens (including phenoxy) is 2. The number of hydrogen-bond donors (Lipinski definition) is 1. The van der Waals surface area contributed by atoms with E-state index in [-0.39, 0.29) is 5.91 Å². The molecule has 6 nitrogen and oxygen atoms in total. The van der Waals surface area contributed by atoms with Crippen LogP contribution in [-0.2, 0) is 0 Å². The molecule has 0 radical (unpaired) electrons. The van der Waals surface area contributed by atoms with Gasteiger partial charge in [0.15, 0.2) is 5.13 Å². The maximum absolute atomic E-state index is 12.7. The van der Waals surface area contributed by atoms with Crippen molar-refractivity contribution in [3.05, 3.63) is 53.4 Å². The van der Waals surface area contributed by atoms with E-state index in [4.69, 9.17) is 14.5 Å². The largest absolute Gasteiger partial charge is 0.497 e. The van der Waals surface area contributed by atoms with Gasteiger partial charge in [0.25, 0.3) is 5.91 Å². The highest BCUT2D eigenvalue weighted by atomic mass is 32.1.